The summed E-state index contributed by atoms with van der Waals surface area (Å²) in [6.45, 7) is 1.96. The molecule has 0 spiro atoms. The molecule has 0 aliphatic carbocycles. The highest BCUT2D eigenvalue weighted by Gasteiger charge is 2.07. The van der Waals surface area contributed by atoms with Crippen LogP contribution in [0, 0.1) is 0 Å². The maximum atomic E-state index is 12.0. The van der Waals surface area contributed by atoms with E-state index in [2.05, 4.69) is 21.2 Å². The molecule has 2 aromatic carbocycles. The summed E-state index contributed by atoms with van der Waals surface area (Å²) in [5, 5.41) is 2.94. The van der Waals surface area contributed by atoms with Crippen molar-refractivity contribution in [3.63, 3.8) is 0 Å². The number of hydrogen-bond acceptors (Lipinski definition) is 2. The van der Waals surface area contributed by atoms with Crippen molar-refractivity contribution in [3.8, 4) is 5.75 Å². The van der Waals surface area contributed by atoms with Gasteiger partial charge in [0, 0.05) is 10.5 Å². The third-order valence-corrected chi connectivity index (χ3v) is 3.74. The minimum Gasteiger partial charge on any atom is -0.497 e. The molecule has 0 radical (unpaired) electrons. The van der Waals surface area contributed by atoms with E-state index in [9.17, 15) is 4.79 Å². The normalized spacial score (nSPS) is 12.1. The van der Waals surface area contributed by atoms with E-state index in [1.54, 1.807) is 13.2 Å². The van der Waals surface area contributed by atoms with Crippen LogP contribution in [0.5, 0.6) is 5.75 Å². The van der Waals surface area contributed by atoms with Crippen LogP contribution in [-0.4, -0.2) is 13.0 Å². The average Bonchev–Trinajstić information content (AvgIpc) is 2.53. The Morgan fingerprint density at radius 2 is 1.95 bits per heavy atom. The summed E-state index contributed by atoms with van der Waals surface area (Å²) in [5.74, 6) is 0.674. The second-order valence-electron chi connectivity index (χ2n) is 4.89. The highest BCUT2D eigenvalue weighted by Crippen LogP contribution is 2.18. The molecule has 1 atom stereocenters. The van der Waals surface area contributed by atoms with E-state index in [4.69, 9.17) is 4.74 Å². The number of amides is 1. The van der Waals surface area contributed by atoms with Crippen molar-refractivity contribution in [1.82, 2.24) is 5.32 Å². The Labute approximate surface area is 139 Å². The molecule has 1 amide bonds. The van der Waals surface area contributed by atoms with Crippen molar-refractivity contribution in [2.45, 2.75) is 13.0 Å². The molecule has 22 heavy (non-hydrogen) atoms. The first kappa shape index (κ1) is 16.3. The van der Waals surface area contributed by atoms with Gasteiger partial charge in [-0.1, -0.05) is 40.2 Å². The van der Waals surface area contributed by atoms with E-state index in [-0.39, 0.29) is 11.9 Å². The van der Waals surface area contributed by atoms with Gasteiger partial charge < -0.3 is 10.1 Å². The van der Waals surface area contributed by atoms with Gasteiger partial charge in [0.25, 0.3) is 0 Å². The lowest BCUT2D eigenvalue weighted by atomic mass is 10.1. The highest BCUT2D eigenvalue weighted by molar-refractivity contribution is 9.10. The molecule has 2 aromatic rings. The molecule has 0 aliphatic rings. The van der Waals surface area contributed by atoms with Crippen LogP contribution in [0.4, 0.5) is 0 Å². The van der Waals surface area contributed by atoms with Crippen LogP contribution in [0.2, 0.25) is 0 Å². The van der Waals surface area contributed by atoms with Crippen molar-refractivity contribution >= 4 is 27.9 Å². The summed E-state index contributed by atoms with van der Waals surface area (Å²) in [6.07, 6.45) is 3.32. The van der Waals surface area contributed by atoms with Crippen LogP contribution in [0.25, 0.3) is 6.08 Å². The molecule has 4 heteroatoms. The number of nitrogens with one attached hydrogen (secondary N) is 1. The first-order chi connectivity index (χ1) is 10.6. The SMILES string of the molecule is COc1ccc(/C=C/C(=O)NC(C)c2cccc(Br)c2)cc1. The van der Waals surface area contributed by atoms with Gasteiger partial charge in [0.2, 0.25) is 5.91 Å². The molecule has 1 unspecified atom stereocenters. The third kappa shape index (κ3) is 4.74. The van der Waals surface area contributed by atoms with Crippen LogP contribution in [0.1, 0.15) is 24.1 Å². The van der Waals surface area contributed by atoms with Crippen molar-refractivity contribution in [1.29, 1.82) is 0 Å². The predicted octanol–water partition coefficient (Wildman–Crippen LogP) is 4.35. The molecule has 114 valence electrons. The topological polar surface area (TPSA) is 38.3 Å². The molecule has 0 heterocycles. The fourth-order valence-corrected chi connectivity index (χ4v) is 2.42. The zero-order valence-corrected chi connectivity index (χ0v) is 14.1. The van der Waals surface area contributed by atoms with Crippen molar-refractivity contribution in [2.75, 3.05) is 7.11 Å². The van der Waals surface area contributed by atoms with Crippen LogP contribution >= 0.6 is 15.9 Å². The predicted molar refractivity (Wildman–Crippen MR) is 92.7 cm³/mol. The second-order valence-corrected chi connectivity index (χ2v) is 5.81. The fraction of sp³-hybridized carbons (Fsp3) is 0.167. The molecule has 0 aliphatic heterocycles. The largest absolute Gasteiger partial charge is 0.497 e. The maximum absolute atomic E-state index is 12.0. The summed E-state index contributed by atoms with van der Waals surface area (Å²) in [7, 11) is 1.63. The summed E-state index contributed by atoms with van der Waals surface area (Å²) >= 11 is 3.43. The van der Waals surface area contributed by atoms with Crippen LogP contribution < -0.4 is 10.1 Å². The lowest BCUT2D eigenvalue weighted by Gasteiger charge is -2.13. The Hall–Kier alpha value is -2.07. The molecule has 0 saturated carbocycles. The van der Waals surface area contributed by atoms with Crippen molar-refractivity contribution < 1.29 is 9.53 Å². The van der Waals surface area contributed by atoms with Gasteiger partial charge in [-0.15, -0.1) is 0 Å². The molecule has 3 nitrogen and oxygen atoms in total. The second kappa shape index (κ2) is 7.80. The van der Waals surface area contributed by atoms with Crippen molar-refractivity contribution in [3.05, 3.63) is 70.2 Å². The van der Waals surface area contributed by atoms with Gasteiger partial charge in [-0.05, 0) is 48.4 Å². The molecule has 0 bridgehead atoms. The number of hydrogen-bond donors (Lipinski definition) is 1. The molecule has 0 aromatic heterocycles. The minimum absolute atomic E-state index is 0.0504. The zero-order valence-electron chi connectivity index (χ0n) is 12.5. The molecule has 1 N–H and O–H groups in total. The minimum atomic E-state index is -0.122. The zero-order chi connectivity index (χ0) is 15.9. The molecule has 2 rings (SSSR count). The van der Waals surface area contributed by atoms with Crippen LogP contribution in [0.15, 0.2) is 59.1 Å². The van der Waals surface area contributed by atoms with E-state index in [0.29, 0.717) is 0 Å². The first-order valence-corrected chi connectivity index (χ1v) is 7.76. The van der Waals surface area contributed by atoms with E-state index in [1.165, 1.54) is 6.08 Å². The van der Waals surface area contributed by atoms with Gasteiger partial charge in [-0.3, -0.25) is 4.79 Å². The number of rotatable bonds is 5. The Morgan fingerprint density at radius 1 is 1.23 bits per heavy atom. The fourth-order valence-electron chi connectivity index (χ4n) is 2.01. The quantitative estimate of drug-likeness (QED) is 0.806. The number of halogens is 1. The van der Waals surface area contributed by atoms with E-state index in [1.807, 2.05) is 55.5 Å². The molecule has 0 saturated heterocycles. The van der Waals surface area contributed by atoms with E-state index in [0.717, 1.165) is 21.3 Å². The van der Waals surface area contributed by atoms with Gasteiger partial charge in [-0.25, -0.2) is 0 Å². The number of carbonyl (C=O) groups is 1. The Morgan fingerprint density at radius 3 is 2.59 bits per heavy atom. The van der Waals surface area contributed by atoms with Crippen molar-refractivity contribution in [2.24, 2.45) is 0 Å². The third-order valence-electron chi connectivity index (χ3n) is 3.25. The summed E-state index contributed by atoms with van der Waals surface area (Å²) in [5.41, 5.74) is 2.01. The number of methoxy groups -OCH3 is 1. The van der Waals surface area contributed by atoms with Crippen LogP contribution in [0.3, 0.4) is 0 Å². The van der Waals surface area contributed by atoms with E-state index >= 15 is 0 Å². The summed E-state index contributed by atoms with van der Waals surface area (Å²) in [4.78, 5) is 12.0. The molecular weight excluding hydrogens is 342 g/mol. The molecule has 0 fully saturated rings. The molecular formula is C18H18BrNO2. The smallest absolute Gasteiger partial charge is 0.244 e. The number of benzene rings is 2. The Kier molecular flexibility index (Phi) is 5.78. The number of ether oxygens (including phenoxy) is 1. The maximum Gasteiger partial charge on any atom is 0.244 e. The van der Waals surface area contributed by atoms with Gasteiger partial charge in [-0.2, -0.15) is 0 Å². The van der Waals surface area contributed by atoms with Crippen LogP contribution in [-0.2, 0) is 4.79 Å². The lowest BCUT2D eigenvalue weighted by molar-refractivity contribution is -0.117. The van der Waals surface area contributed by atoms with E-state index < -0.39 is 0 Å². The van der Waals surface area contributed by atoms with Gasteiger partial charge in [0.05, 0.1) is 13.2 Å². The first-order valence-electron chi connectivity index (χ1n) is 6.96. The van der Waals surface area contributed by atoms with Gasteiger partial charge in [0.1, 0.15) is 5.75 Å². The summed E-state index contributed by atoms with van der Waals surface area (Å²) < 4.78 is 6.10. The Balaban J connectivity index is 1.95. The van der Waals surface area contributed by atoms with Gasteiger partial charge >= 0.3 is 0 Å². The number of carbonyl (C=O) groups excluding carboxylic acids is 1. The summed E-state index contributed by atoms with van der Waals surface area (Å²) in [6, 6.07) is 15.4. The standard InChI is InChI=1S/C18H18BrNO2/c1-13(15-4-3-5-16(19)12-15)20-18(21)11-8-14-6-9-17(22-2)10-7-14/h3-13H,1-2H3,(H,20,21)/b11-8+. The highest BCUT2D eigenvalue weighted by atomic mass is 79.9. The average molecular weight is 360 g/mol. The Bertz CT molecular complexity index is 665. The lowest BCUT2D eigenvalue weighted by Crippen LogP contribution is -2.24. The monoisotopic (exact) mass is 359 g/mol. The van der Waals surface area contributed by atoms with Gasteiger partial charge in [0.15, 0.2) is 0 Å².